The molecule has 1 aromatic heterocycles. The Morgan fingerprint density at radius 1 is 1.31 bits per heavy atom. The van der Waals surface area contributed by atoms with Gasteiger partial charge >= 0.3 is 17.4 Å². The van der Waals surface area contributed by atoms with Crippen molar-refractivity contribution in [3.05, 3.63) is 31.4 Å². The van der Waals surface area contributed by atoms with Crippen molar-refractivity contribution in [2.24, 2.45) is 5.11 Å². The summed E-state index contributed by atoms with van der Waals surface area (Å²) in [6.07, 6.45) is 1.39. The molecular weight excluding hydrogens is 348 g/mol. The highest BCUT2D eigenvalue weighted by atomic mass is 16.8. The minimum absolute atomic E-state index is 0.0582. The van der Waals surface area contributed by atoms with Gasteiger partial charge in [-0.3, -0.25) is 4.98 Å². The average Bonchev–Trinajstić information content (AvgIpc) is 3.25. The lowest BCUT2D eigenvalue weighted by molar-refractivity contribution is -0.231. The van der Waals surface area contributed by atoms with Gasteiger partial charge in [0.2, 0.25) is 0 Å². The quantitative estimate of drug-likeness (QED) is 0.438. The summed E-state index contributed by atoms with van der Waals surface area (Å²) in [4.78, 5) is 32.5. The summed E-state index contributed by atoms with van der Waals surface area (Å²) in [5, 5.41) is 3.65. The lowest BCUT2D eigenvalue weighted by atomic mass is 9.96. The Balaban J connectivity index is 1.64. The fraction of sp³-hybridized carbons (Fsp3) is 0.786. The fourth-order valence-electron chi connectivity index (χ4n) is 4.33. The summed E-state index contributed by atoms with van der Waals surface area (Å²) in [5.41, 5.74) is 6.12. The van der Waals surface area contributed by atoms with Crippen LogP contribution in [0.3, 0.4) is 0 Å². The number of nitrogens with one attached hydrogen (secondary N) is 1. The van der Waals surface area contributed by atoms with Gasteiger partial charge < -0.3 is 18.9 Å². The average molecular weight is 364 g/mol. The number of fused-ring (bicyclic) bond motifs is 7. The summed E-state index contributed by atoms with van der Waals surface area (Å²) < 4.78 is 25.3. The maximum absolute atomic E-state index is 12.4. The highest BCUT2D eigenvalue weighted by Crippen LogP contribution is 2.53. The second kappa shape index (κ2) is 5.30. The summed E-state index contributed by atoms with van der Waals surface area (Å²) in [7, 11) is 0. The van der Waals surface area contributed by atoms with Crippen LogP contribution in [0.1, 0.15) is 31.9 Å². The van der Waals surface area contributed by atoms with E-state index >= 15 is 0 Å². The van der Waals surface area contributed by atoms with Gasteiger partial charge in [-0.15, -0.1) is 4.98 Å². The monoisotopic (exact) mass is 364 g/mol. The molecule has 1 aromatic rings. The Morgan fingerprint density at radius 3 is 2.88 bits per heavy atom. The number of H-pyrrole nitrogens is 1. The Labute approximate surface area is 145 Å². The normalized spacial score (nSPS) is 36.1. The molecule has 1 spiro atoms. The highest BCUT2D eigenvalue weighted by molar-refractivity contribution is 5.14. The molecule has 4 atom stereocenters. The van der Waals surface area contributed by atoms with Crippen LogP contribution >= 0.6 is 0 Å². The minimum atomic E-state index is -1.13. The molecule has 138 valence electrons. The van der Waals surface area contributed by atoms with Crippen LogP contribution in [0, 0.1) is 0 Å². The van der Waals surface area contributed by atoms with Crippen molar-refractivity contribution in [3.63, 3.8) is 0 Å². The molecule has 26 heavy (non-hydrogen) atoms. The van der Waals surface area contributed by atoms with E-state index in [1.807, 2.05) is 0 Å². The molecule has 4 aliphatic rings. The van der Waals surface area contributed by atoms with E-state index in [1.54, 1.807) is 0 Å². The zero-order chi connectivity index (χ0) is 17.9. The Hall–Kier alpha value is -2.40. The Morgan fingerprint density at radius 2 is 2.12 bits per heavy atom. The van der Waals surface area contributed by atoms with Crippen LogP contribution in [-0.4, -0.2) is 51.3 Å². The van der Waals surface area contributed by atoms with Crippen LogP contribution < -0.4 is 16.1 Å². The van der Waals surface area contributed by atoms with E-state index in [0.29, 0.717) is 0 Å². The summed E-state index contributed by atoms with van der Waals surface area (Å²) in [6.45, 7) is -0.143. The molecule has 12 nitrogen and oxygen atoms in total. The molecule has 0 unspecified atom stereocenters. The second-order valence-electron chi connectivity index (χ2n) is 6.99. The van der Waals surface area contributed by atoms with Crippen molar-refractivity contribution in [2.45, 2.75) is 55.5 Å². The van der Waals surface area contributed by atoms with Crippen molar-refractivity contribution >= 4 is 0 Å². The maximum Gasteiger partial charge on any atom is 0.353 e. The van der Waals surface area contributed by atoms with Gasteiger partial charge in [0.05, 0.1) is 6.54 Å². The zero-order valence-corrected chi connectivity index (χ0v) is 13.7. The minimum Gasteiger partial charge on any atom is -0.461 e. The van der Waals surface area contributed by atoms with Crippen molar-refractivity contribution in [1.82, 2.24) is 14.5 Å². The molecule has 1 aliphatic carbocycles. The third-order valence-electron chi connectivity index (χ3n) is 5.45. The number of aromatic nitrogens is 3. The van der Waals surface area contributed by atoms with Crippen LogP contribution in [0.4, 0.5) is 0 Å². The van der Waals surface area contributed by atoms with Gasteiger partial charge in [-0.05, 0) is 18.4 Å². The lowest BCUT2D eigenvalue weighted by Gasteiger charge is -2.32. The number of ether oxygens (including phenoxy) is 4. The van der Waals surface area contributed by atoms with Gasteiger partial charge in [0.15, 0.2) is 12.0 Å². The molecule has 0 radical (unpaired) electrons. The molecule has 1 N–H and O–H groups in total. The van der Waals surface area contributed by atoms with E-state index in [-0.39, 0.29) is 19.2 Å². The molecule has 0 amide bonds. The molecule has 5 rings (SSSR count). The number of nitrogens with zero attached hydrogens (tertiary/aromatic N) is 5. The molecule has 12 heteroatoms. The largest absolute Gasteiger partial charge is 0.461 e. The number of azide groups is 1. The van der Waals surface area contributed by atoms with Crippen LogP contribution in [-0.2, 0) is 14.2 Å². The highest BCUT2D eigenvalue weighted by Gasteiger charge is 2.67. The van der Waals surface area contributed by atoms with Crippen molar-refractivity contribution in [2.75, 3.05) is 13.2 Å². The first-order valence-corrected chi connectivity index (χ1v) is 8.46. The standard InChI is InChI=1S/C14H16N6O6/c15-19-16-5-13-6-23-12-18-10(21)17-11(22)20(12)9(26-13)7-8(13)25-14(24-7)3-1-2-4-14/h7-9H,1-6H2,(H,17,21,22)/t7-,8+,9-,13-/m1/s1. The van der Waals surface area contributed by atoms with Crippen molar-refractivity contribution in [1.29, 1.82) is 0 Å². The van der Waals surface area contributed by atoms with Crippen LogP contribution in [0.15, 0.2) is 14.7 Å². The number of hydrogen-bond acceptors (Lipinski definition) is 8. The van der Waals surface area contributed by atoms with Gasteiger partial charge in [-0.25, -0.2) is 14.2 Å². The first kappa shape index (κ1) is 15.8. The molecule has 1 saturated carbocycles. The zero-order valence-electron chi connectivity index (χ0n) is 13.7. The Kier molecular flexibility index (Phi) is 3.23. The predicted molar refractivity (Wildman–Crippen MR) is 82.4 cm³/mol. The molecule has 4 heterocycles. The van der Waals surface area contributed by atoms with Gasteiger partial charge in [0.1, 0.15) is 24.4 Å². The van der Waals surface area contributed by atoms with E-state index in [2.05, 4.69) is 20.0 Å². The number of hydrogen-bond donors (Lipinski definition) is 1. The first-order valence-electron chi connectivity index (χ1n) is 8.46. The molecule has 0 aromatic carbocycles. The van der Waals surface area contributed by atoms with E-state index in [0.717, 1.165) is 30.3 Å². The van der Waals surface area contributed by atoms with Crippen molar-refractivity contribution < 1.29 is 18.9 Å². The second-order valence-corrected chi connectivity index (χ2v) is 6.99. The van der Waals surface area contributed by atoms with E-state index in [9.17, 15) is 9.59 Å². The van der Waals surface area contributed by atoms with Crippen LogP contribution in [0.25, 0.3) is 10.4 Å². The van der Waals surface area contributed by atoms with E-state index in [1.165, 1.54) is 0 Å². The third-order valence-corrected chi connectivity index (χ3v) is 5.45. The van der Waals surface area contributed by atoms with Gasteiger partial charge in [-0.1, -0.05) is 5.11 Å². The molecule has 2 bridgehead atoms. The fourth-order valence-corrected chi connectivity index (χ4v) is 4.33. The van der Waals surface area contributed by atoms with Crippen molar-refractivity contribution in [3.8, 4) is 6.01 Å². The lowest BCUT2D eigenvalue weighted by Crippen LogP contribution is -2.51. The summed E-state index contributed by atoms with van der Waals surface area (Å²) >= 11 is 0. The molecular formula is C14H16N6O6. The van der Waals surface area contributed by atoms with Crippen LogP contribution in [0.5, 0.6) is 6.01 Å². The molecule has 2 saturated heterocycles. The predicted octanol–water partition coefficient (Wildman–Crippen LogP) is -0.0438. The Bertz CT molecular complexity index is 915. The topological polar surface area (TPSA) is 153 Å². The SMILES string of the molecule is [N-]=[N+]=NC[C@]12COc3nc(=O)[nH]c(=O)n3[C@H](O1)[C@@H]1OC3(CCCC3)O[C@@H]12. The van der Waals surface area contributed by atoms with E-state index in [4.69, 9.17) is 24.5 Å². The molecule has 3 aliphatic heterocycles. The van der Waals surface area contributed by atoms with E-state index < -0.39 is 41.2 Å². The van der Waals surface area contributed by atoms with Crippen LogP contribution in [0.2, 0.25) is 0 Å². The number of aromatic amines is 1. The van der Waals surface area contributed by atoms with Gasteiger partial charge in [0, 0.05) is 17.8 Å². The third kappa shape index (κ3) is 2.07. The number of rotatable bonds is 2. The molecule has 3 fully saturated rings. The van der Waals surface area contributed by atoms with Gasteiger partial charge in [0.25, 0.3) is 0 Å². The summed E-state index contributed by atoms with van der Waals surface area (Å²) in [5.74, 6) is -0.720. The summed E-state index contributed by atoms with van der Waals surface area (Å²) in [6, 6.07) is -0.152. The maximum atomic E-state index is 12.4. The van der Waals surface area contributed by atoms with Gasteiger partial charge in [-0.2, -0.15) is 0 Å². The first-order chi connectivity index (χ1) is 12.6. The smallest absolute Gasteiger partial charge is 0.353 e.